The van der Waals surface area contributed by atoms with Crippen LogP contribution in [0.5, 0.6) is 0 Å². The highest BCUT2D eigenvalue weighted by Gasteiger charge is 2.07. The Balaban J connectivity index is 1.95. The number of hydrogen-bond acceptors (Lipinski definition) is 4. The quantitative estimate of drug-likeness (QED) is 0.864. The summed E-state index contributed by atoms with van der Waals surface area (Å²) in [5.74, 6) is 0.317. The van der Waals surface area contributed by atoms with Gasteiger partial charge in [0.25, 0.3) is 5.91 Å². The Morgan fingerprint density at radius 2 is 2.24 bits per heavy atom. The zero-order chi connectivity index (χ0) is 12.1. The Hall–Kier alpha value is -1.46. The Morgan fingerprint density at radius 1 is 1.41 bits per heavy atom. The number of nitrogens with zero attached hydrogens (tertiary/aromatic N) is 2. The lowest BCUT2D eigenvalue weighted by Gasteiger charge is -2.04. The Morgan fingerprint density at radius 3 is 2.94 bits per heavy atom. The fraction of sp³-hybridized carbons (Fsp3) is 0.182. The van der Waals surface area contributed by atoms with E-state index in [2.05, 4.69) is 14.9 Å². The summed E-state index contributed by atoms with van der Waals surface area (Å²) >= 11 is 6.82. The number of carbonyl (C=O) groups is 1. The molecule has 17 heavy (non-hydrogen) atoms. The molecule has 0 bridgehead atoms. The van der Waals surface area contributed by atoms with E-state index in [1.54, 1.807) is 0 Å². The van der Waals surface area contributed by atoms with Crippen molar-refractivity contribution < 1.29 is 4.79 Å². The third-order valence-electron chi connectivity index (χ3n) is 2.18. The lowest BCUT2D eigenvalue weighted by Crippen LogP contribution is -2.21. The molecule has 1 amide bonds. The molecule has 0 saturated heterocycles. The molecule has 1 N–H and O–H groups in total. The molecule has 2 aromatic rings. The molecular formula is C11H10ClN3OS. The highest BCUT2D eigenvalue weighted by atomic mass is 35.5. The van der Waals surface area contributed by atoms with Gasteiger partial charge < -0.3 is 5.32 Å². The van der Waals surface area contributed by atoms with Crippen molar-refractivity contribution in [2.45, 2.75) is 12.4 Å². The molecule has 4 nitrogen and oxygen atoms in total. The summed E-state index contributed by atoms with van der Waals surface area (Å²) in [6, 6.07) is 7.79. The van der Waals surface area contributed by atoms with Crippen molar-refractivity contribution in [2.75, 3.05) is 0 Å². The van der Waals surface area contributed by atoms with Crippen LogP contribution in [-0.2, 0) is 12.4 Å². The zero-order valence-corrected chi connectivity index (χ0v) is 10.5. The molecule has 88 valence electrons. The lowest BCUT2D eigenvalue weighted by molar-refractivity contribution is 0.0955. The molecule has 0 radical (unpaired) electrons. The average molecular weight is 268 g/mol. The SMILES string of the molecule is O=C(NCc1cccc(CCl)c1)c1cnns1. The molecular weight excluding hydrogens is 258 g/mol. The number of alkyl halides is 1. The minimum absolute atomic E-state index is 0.156. The van der Waals surface area contributed by atoms with Gasteiger partial charge in [0.15, 0.2) is 0 Å². The molecule has 2 rings (SSSR count). The van der Waals surface area contributed by atoms with Crippen LogP contribution < -0.4 is 5.32 Å². The summed E-state index contributed by atoms with van der Waals surface area (Å²) in [5.41, 5.74) is 2.06. The van der Waals surface area contributed by atoms with Gasteiger partial charge in [0, 0.05) is 12.4 Å². The monoisotopic (exact) mass is 267 g/mol. The number of halogens is 1. The van der Waals surface area contributed by atoms with E-state index in [9.17, 15) is 4.79 Å². The van der Waals surface area contributed by atoms with Gasteiger partial charge in [0.1, 0.15) is 4.88 Å². The largest absolute Gasteiger partial charge is 0.347 e. The number of nitrogens with one attached hydrogen (secondary N) is 1. The van der Waals surface area contributed by atoms with Crippen LogP contribution in [0.15, 0.2) is 30.5 Å². The van der Waals surface area contributed by atoms with Crippen LogP contribution in [0.4, 0.5) is 0 Å². The van der Waals surface area contributed by atoms with E-state index in [-0.39, 0.29) is 5.91 Å². The second-order valence-corrected chi connectivity index (χ2v) is 4.47. The van der Waals surface area contributed by atoms with Crippen molar-refractivity contribution in [1.29, 1.82) is 0 Å². The minimum atomic E-state index is -0.156. The van der Waals surface area contributed by atoms with Crippen LogP contribution >= 0.6 is 23.1 Å². The number of aromatic nitrogens is 2. The summed E-state index contributed by atoms with van der Waals surface area (Å²) in [6.45, 7) is 0.474. The van der Waals surface area contributed by atoms with Gasteiger partial charge in [-0.3, -0.25) is 4.79 Å². The molecule has 0 unspecified atom stereocenters. The van der Waals surface area contributed by atoms with Crippen molar-refractivity contribution in [3.63, 3.8) is 0 Å². The van der Waals surface area contributed by atoms with Crippen LogP contribution in [-0.4, -0.2) is 15.5 Å². The number of benzene rings is 1. The Kier molecular flexibility index (Phi) is 4.06. The smallest absolute Gasteiger partial charge is 0.264 e. The van der Waals surface area contributed by atoms with E-state index >= 15 is 0 Å². The second kappa shape index (κ2) is 5.75. The molecule has 0 aliphatic heterocycles. The molecule has 1 aromatic heterocycles. The van der Waals surface area contributed by atoms with Crippen LogP contribution in [0.25, 0.3) is 0 Å². The van der Waals surface area contributed by atoms with Crippen LogP contribution in [0.2, 0.25) is 0 Å². The highest BCUT2D eigenvalue weighted by Crippen LogP contribution is 2.08. The topological polar surface area (TPSA) is 54.9 Å². The summed E-state index contributed by atoms with van der Waals surface area (Å²) in [7, 11) is 0. The van der Waals surface area contributed by atoms with E-state index in [0.29, 0.717) is 17.3 Å². The van der Waals surface area contributed by atoms with Crippen LogP contribution in [0.1, 0.15) is 20.8 Å². The van der Waals surface area contributed by atoms with Gasteiger partial charge in [0.2, 0.25) is 0 Å². The molecule has 1 heterocycles. The summed E-state index contributed by atoms with van der Waals surface area (Å²) in [6.07, 6.45) is 1.45. The summed E-state index contributed by atoms with van der Waals surface area (Å²) in [5, 5.41) is 6.42. The molecule has 0 aliphatic rings. The van der Waals surface area contributed by atoms with Gasteiger partial charge in [-0.1, -0.05) is 28.8 Å². The van der Waals surface area contributed by atoms with Crippen molar-refractivity contribution in [3.8, 4) is 0 Å². The summed E-state index contributed by atoms with van der Waals surface area (Å²) in [4.78, 5) is 12.1. The third kappa shape index (κ3) is 3.25. The predicted molar refractivity (Wildman–Crippen MR) is 67.1 cm³/mol. The standard InChI is InChI=1S/C11H10ClN3OS/c12-5-8-2-1-3-9(4-8)6-13-11(16)10-7-14-15-17-10/h1-4,7H,5-6H2,(H,13,16). The van der Waals surface area contributed by atoms with Crippen molar-refractivity contribution in [3.05, 3.63) is 46.5 Å². The Labute approximate surface area is 108 Å². The second-order valence-electron chi connectivity index (χ2n) is 3.42. The minimum Gasteiger partial charge on any atom is -0.347 e. The molecule has 1 aromatic carbocycles. The van der Waals surface area contributed by atoms with Gasteiger partial charge in [-0.2, -0.15) is 0 Å². The van der Waals surface area contributed by atoms with Gasteiger partial charge >= 0.3 is 0 Å². The fourth-order valence-corrected chi connectivity index (χ4v) is 1.96. The van der Waals surface area contributed by atoms with E-state index in [4.69, 9.17) is 11.6 Å². The number of amides is 1. The van der Waals surface area contributed by atoms with Crippen molar-refractivity contribution in [1.82, 2.24) is 14.9 Å². The maximum Gasteiger partial charge on any atom is 0.264 e. The van der Waals surface area contributed by atoms with Gasteiger partial charge in [0.05, 0.1) is 6.20 Å². The molecule has 0 atom stereocenters. The van der Waals surface area contributed by atoms with Crippen molar-refractivity contribution in [2.24, 2.45) is 0 Å². The van der Waals surface area contributed by atoms with E-state index in [1.165, 1.54) is 6.20 Å². The maximum absolute atomic E-state index is 11.6. The maximum atomic E-state index is 11.6. The number of rotatable bonds is 4. The fourth-order valence-electron chi connectivity index (χ4n) is 1.36. The highest BCUT2D eigenvalue weighted by molar-refractivity contribution is 7.07. The zero-order valence-electron chi connectivity index (χ0n) is 8.89. The van der Waals surface area contributed by atoms with Gasteiger partial charge in [-0.15, -0.1) is 16.7 Å². The van der Waals surface area contributed by atoms with E-state index in [0.717, 1.165) is 22.7 Å². The first-order valence-electron chi connectivity index (χ1n) is 4.99. The first-order valence-corrected chi connectivity index (χ1v) is 6.29. The lowest BCUT2D eigenvalue weighted by atomic mass is 10.1. The first kappa shape index (κ1) is 12.0. The third-order valence-corrected chi connectivity index (χ3v) is 3.16. The predicted octanol–water partition coefficient (Wildman–Crippen LogP) is 2.21. The average Bonchev–Trinajstić information content (AvgIpc) is 2.90. The normalized spacial score (nSPS) is 10.2. The first-order chi connectivity index (χ1) is 8.29. The Bertz CT molecular complexity index is 501. The van der Waals surface area contributed by atoms with Gasteiger partial charge in [-0.05, 0) is 22.7 Å². The van der Waals surface area contributed by atoms with Crippen LogP contribution in [0.3, 0.4) is 0 Å². The summed E-state index contributed by atoms with van der Waals surface area (Å²) < 4.78 is 3.64. The van der Waals surface area contributed by atoms with Crippen LogP contribution in [0, 0.1) is 0 Å². The molecule has 0 fully saturated rings. The number of carbonyl (C=O) groups excluding carboxylic acids is 1. The molecule has 6 heteroatoms. The van der Waals surface area contributed by atoms with Gasteiger partial charge in [-0.25, -0.2) is 0 Å². The van der Waals surface area contributed by atoms with E-state index < -0.39 is 0 Å². The molecule has 0 aliphatic carbocycles. The molecule has 0 saturated carbocycles. The van der Waals surface area contributed by atoms with Crippen molar-refractivity contribution >= 4 is 29.0 Å². The van der Waals surface area contributed by atoms with E-state index in [1.807, 2.05) is 24.3 Å². The molecule has 0 spiro atoms. The number of hydrogen-bond donors (Lipinski definition) is 1.